The van der Waals surface area contributed by atoms with E-state index in [9.17, 15) is 13.2 Å². The lowest BCUT2D eigenvalue weighted by Crippen LogP contribution is -2.07. The molecule has 0 aliphatic carbocycles. The zero-order valence-corrected chi connectivity index (χ0v) is 17.6. The van der Waals surface area contributed by atoms with Crippen LogP contribution >= 0.6 is 50.4 Å². The zero-order valence-electron chi connectivity index (χ0n) is 13.5. The topological polar surface area (TPSA) is 30.7 Å². The van der Waals surface area contributed by atoms with Crippen molar-refractivity contribution in [1.29, 1.82) is 0 Å². The van der Waals surface area contributed by atoms with E-state index in [0.29, 0.717) is 16.9 Å². The number of alkyl halides is 3. The van der Waals surface area contributed by atoms with Crippen molar-refractivity contribution in [1.82, 2.24) is 14.5 Å². The van der Waals surface area contributed by atoms with Crippen LogP contribution in [0.2, 0.25) is 0 Å². The number of thioether (sulfide) groups is 1. The van der Waals surface area contributed by atoms with E-state index in [1.54, 1.807) is 34.4 Å². The van der Waals surface area contributed by atoms with E-state index in [0.717, 1.165) is 30.8 Å². The Labute approximate surface area is 167 Å². The molecule has 10 heteroatoms. The molecule has 0 fully saturated rings. The van der Waals surface area contributed by atoms with Crippen LogP contribution in [-0.4, -0.2) is 20.3 Å². The Hall–Kier alpha value is -1.10. The van der Waals surface area contributed by atoms with Crippen LogP contribution in [0.5, 0.6) is 0 Å². The third-order valence-corrected chi connectivity index (χ3v) is 8.65. The highest BCUT2D eigenvalue weighted by molar-refractivity contribution is 9.10. The molecule has 0 aliphatic heterocycles. The van der Waals surface area contributed by atoms with E-state index >= 15 is 0 Å². The summed E-state index contributed by atoms with van der Waals surface area (Å²) in [5.41, 5.74) is -0.0444. The molecule has 0 unspecified atom stereocenters. The maximum Gasteiger partial charge on any atom is 0.433 e. The fourth-order valence-electron chi connectivity index (χ4n) is 2.70. The van der Waals surface area contributed by atoms with Crippen LogP contribution < -0.4 is 0 Å². The summed E-state index contributed by atoms with van der Waals surface area (Å²) in [7, 11) is 1.81. The SMILES string of the molecule is CCSc1c(-c2nc3cc(C(F)(F)F)ncc3n2C)sc2c(Br)csc12. The second-order valence-corrected chi connectivity index (χ2v) is 9.51. The van der Waals surface area contributed by atoms with Crippen molar-refractivity contribution in [3.05, 3.63) is 27.8 Å². The summed E-state index contributed by atoms with van der Waals surface area (Å²) in [4.78, 5) is 10.2. The largest absolute Gasteiger partial charge is 0.433 e. The molecule has 0 spiro atoms. The lowest BCUT2D eigenvalue weighted by atomic mass is 10.3. The summed E-state index contributed by atoms with van der Waals surface area (Å²) < 4.78 is 44.0. The van der Waals surface area contributed by atoms with Crippen molar-refractivity contribution in [2.75, 3.05) is 5.75 Å². The smallest absolute Gasteiger partial charge is 0.325 e. The van der Waals surface area contributed by atoms with E-state index in [-0.39, 0.29) is 0 Å². The van der Waals surface area contributed by atoms with Gasteiger partial charge in [-0.15, -0.1) is 34.4 Å². The van der Waals surface area contributed by atoms with Gasteiger partial charge in [-0.25, -0.2) is 9.97 Å². The molecule has 0 bridgehead atoms. The number of thiophene rings is 2. The first-order chi connectivity index (χ1) is 12.3. The van der Waals surface area contributed by atoms with Gasteiger partial charge >= 0.3 is 6.18 Å². The van der Waals surface area contributed by atoms with E-state index in [1.807, 2.05) is 11.6 Å². The predicted molar refractivity (Wildman–Crippen MR) is 106 cm³/mol. The number of aryl methyl sites for hydroxylation is 1. The van der Waals surface area contributed by atoms with Gasteiger partial charge in [0.05, 0.1) is 31.5 Å². The van der Waals surface area contributed by atoms with Gasteiger partial charge in [0.2, 0.25) is 0 Å². The molecule has 4 aromatic rings. The molecule has 26 heavy (non-hydrogen) atoms. The molecule has 0 aliphatic rings. The second-order valence-electron chi connectivity index (χ2n) is 5.49. The Morgan fingerprint density at radius 3 is 2.77 bits per heavy atom. The monoisotopic (exact) mass is 477 g/mol. The van der Waals surface area contributed by atoms with Crippen LogP contribution in [0.25, 0.3) is 31.1 Å². The third-order valence-electron chi connectivity index (χ3n) is 3.87. The van der Waals surface area contributed by atoms with Gasteiger partial charge < -0.3 is 4.57 Å². The molecule has 0 aromatic carbocycles. The van der Waals surface area contributed by atoms with E-state index < -0.39 is 11.9 Å². The molecule has 4 heterocycles. The Morgan fingerprint density at radius 1 is 1.31 bits per heavy atom. The molecule has 4 aromatic heterocycles. The quantitative estimate of drug-likeness (QED) is 0.303. The molecule has 0 saturated carbocycles. The first-order valence-corrected chi connectivity index (χ1v) is 11.0. The van der Waals surface area contributed by atoms with Gasteiger partial charge in [-0.3, -0.25) is 0 Å². The number of fused-ring (bicyclic) bond motifs is 2. The maximum atomic E-state index is 13.0. The number of rotatable bonds is 3. The predicted octanol–water partition coefficient (Wildman–Crippen LogP) is 6.80. The van der Waals surface area contributed by atoms with Gasteiger partial charge in [-0.1, -0.05) is 6.92 Å². The van der Waals surface area contributed by atoms with Crippen LogP contribution in [0.15, 0.2) is 27.0 Å². The molecule has 3 nitrogen and oxygen atoms in total. The fourth-order valence-corrected chi connectivity index (χ4v) is 7.18. The molecule has 0 radical (unpaired) electrons. The Morgan fingerprint density at radius 2 is 2.08 bits per heavy atom. The van der Waals surface area contributed by atoms with Gasteiger partial charge in [0, 0.05) is 21.8 Å². The number of hydrogen-bond donors (Lipinski definition) is 0. The molecule has 0 saturated heterocycles. The summed E-state index contributed by atoms with van der Waals surface area (Å²) in [5.74, 6) is 1.57. The molecule has 0 atom stereocenters. The van der Waals surface area contributed by atoms with Crippen LogP contribution in [0, 0.1) is 0 Å². The number of halogens is 4. The van der Waals surface area contributed by atoms with Crippen LogP contribution in [0.4, 0.5) is 13.2 Å². The molecular weight excluding hydrogens is 467 g/mol. The molecule has 4 rings (SSSR count). The van der Waals surface area contributed by atoms with Crippen molar-refractivity contribution >= 4 is 70.8 Å². The van der Waals surface area contributed by atoms with Crippen molar-refractivity contribution in [3.8, 4) is 10.7 Å². The summed E-state index contributed by atoms with van der Waals surface area (Å²) in [6.45, 7) is 2.08. The molecule has 0 N–H and O–H groups in total. The van der Waals surface area contributed by atoms with E-state index in [1.165, 1.54) is 10.9 Å². The average Bonchev–Trinajstić information content (AvgIpc) is 3.22. The number of nitrogens with zero attached hydrogens (tertiary/aromatic N) is 3. The summed E-state index contributed by atoms with van der Waals surface area (Å²) >= 11 is 8.56. The van der Waals surface area contributed by atoms with Crippen LogP contribution in [0.1, 0.15) is 12.6 Å². The zero-order chi connectivity index (χ0) is 18.6. The number of imidazole rings is 1. The maximum absolute atomic E-state index is 13.0. The minimum Gasteiger partial charge on any atom is -0.325 e. The first-order valence-electron chi connectivity index (χ1n) is 7.53. The van der Waals surface area contributed by atoms with Gasteiger partial charge in [-0.2, -0.15) is 13.2 Å². The molecular formula is C16H11BrF3N3S3. The summed E-state index contributed by atoms with van der Waals surface area (Å²) in [6, 6.07) is 1.01. The fraction of sp³-hybridized carbons (Fsp3) is 0.250. The number of pyridine rings is 1. The van der Waals surface area contributed by atoms with Gasteiger partial charge in [0.25, 0.3) is 0 Å². The minimum absolute atomic E-state index is 0.299. The minimum atomic E-state index is -4.48. The summed E-state index contributed by atoms with van der Waals surface area (Å²) in [6.07, 6.45) is -3.24. The Kier molecular flexibility index (Phi) is 4.57. The van der Waals surface area contributed by atoms with E-state index in [2.05, 4.69) is 38.2 Å². The first kappa shape index (κ1) is 18.3. The highest BCUT2D eigenvalue weighted by Crippen LogP contribution is 2.49. The van der Waals surface area contributed by atoms with Gasteiger partial charge in [0.15, 0.2) is 5.82 Å². The Balaban J connectivity index is 1.95. The van der Waals surface area contributed by atoms with E-state index in [4.69, 9.17) is 0 Å². The van der Waals surface area contributed by atoms with Crippen LogP contribution in [-0.2, 0) is 13.2 Å². The lowest BCUT2D eigenvalue weighted by molar-refractivity contribution is -0.141. The molecule has 0 amide bonds. The normalized spacial score (nSPS) is 12.5. The van der Waals surface area contributed by atoms with Crippen molar-refractivity contribution in [2.45, 2.75) is 18.0 Å². The van der Waals surface area contributed by atoms with Crippen LogP contribution in [0.3, 0.4) is 0 Å². The lowest BCUT2D eigenvalue weighted by Gasteiger charge is -2.05. The standard InChI is InChI=1S/C16H11BrF3N3S3/c1-3-24-13-12-11(7(17)6-25-12)26-14(13)15-22-8-4-10(16(18,19)20)21-5-9(8)23(15)2/h4-6H,3H2,1-2H3. The summed E-state index contributed by atoms with van der Waals surface area (Å²) in [5, 5.41) is 2.05. The van der Waals surface area contributed by atoms with Crippen molar-refractivity contribution in [3.63, 3.8) is 0 Å². The second kappa shape index (κ2) is 6.50. The highest BCUT2D eigenvalue weighted by Gasteiger charge is 2.33. The van der Waals surface area contributed by atoms with Gasteiger partial charge in [0.1, 0.15) is 5.69 Å². The number of hydrogen-bond acceptors (Lipinski definition) is 5. The highest BCUT2D eigenvalue weighted by atomic mass is 79.9. The molecule has 136 valence electrons. The van der Waals surface area contributed by atoms with Crippen molar-refractivity contribution < 1.29 is 13.2 Å². The van der Waals surface area contributed by atoms with Gasteiger partial charge in [-0.05, 0) is 27.7 Å². The number of aromatic nitrogens is 3. The third kappa shape index (κ3) is 2.87. The average molecular weight is 478 g/mol. The Bertz CT molecular complexity index is 1130. The van der Waals surface area contributed by atoms with Crippen molar-refractivity contribution in [2.24, 2.45) is 7.05 Å².